The lowest BCUT2D eigenvalue weighted by Gasteiger charge is -2.34. The molecule has 194 valence electrons. The molecule has 38 heavy (non-hydrogen) atoms. The molecule has 1 N–H and O–H groups in total. The zero-order valence-corrected chi connectivity index (χ0v) is 21.3. The van der Waals surface area contributed by atoms with E-state index in [1.54, 1.807) is 12.4 Å². The van der Waals surface area contributed by atoms with Gasteiger partial charge in [0.25, 0.3) is 0 Å². The van der Waals surface area contributed by atoms with Crippen LogP contribution in [0.15, 0.2) is 66.2 Å². The molecule has 9 heteroatoms. The minimum atomic E-state index is 0.134. The Morgan fingerprint density at radius 2 is 1.79 bits per heavy atom. The fourth-order valence-corrected chi connectivity index (χ4v) is 4.91. The molecule has 0 amide bonds. The third kappa shape index (κ3) is 6.15. The molecule has 1 aliphatic heterocycles. The van der Waals surface area contributed by atoms with Crippen LogP contribution in [0.3, 0.4) is 0 Å². The molecule has 3 heterocycles. The Hall–Kier alpha value is -4.29. The van der Waals surface area contributed by atoms with Crippen LogP contribution in [0.4, 0.5) is 5.95 Å². The number of nitrogens with one attached hydrogen (secondary N) is 1. The third-order valence-electron chi connectivity index (χ3n) is 7.08. The number of hydrogen-bond acceptors (Lipinski definition) is 8. The number of fused-ring (bicyclic) bond motifs is 1. The van der Waals surface area contributed by atoms with Crippen molar-refractivity contribution in [3.8, 4) is 11.8 Å². The average Bonchev–Trinajstić information content (AvgIpc) is 3.37. The van der Waals surface area contributed by atoms with Crippen molar-refractivity contribution >= 4 is 16.9 Å². The minimum absolute atomic E-state index is 0.134. The van der Waals surface area contributed by atoms with Crippen LogP contribution in [0.2, 0.25) is 0 Å². The number of rotatable bonds is 11. The first-order chi connectivity index (χ1) is 18.7. The van der Waals surface area contributed by atoms with E-state index in [1.807, 2.05) is 42.5 Å². The van der Waals surface area contributed by atoms with Gasteiger partial charge in [-0.05, 0) is 60.7 Å². The van der Waals surface area contributed by atoms with Gasteiger partial charge in [-0.3, -0.25) is 4.90 Å². The van der Waals surface area contributed by atoms with Gasteiger partial charge >= 0.3 is 0 Å². The fourth-order valence-electron chi connectivity index (χ4n) is 4.91. The second-order valence-electron chi connectivity index (χ2n) is 9.54. The second-order valence-corrected chi connectivity index (χ2v) is 9.54. The van der Waals surface area contributed by atoms with Crippen LogP contribution in [0.1, 0.15) is 35.1 Å². The highest BCUT2D eigenvalue weighted by atomic mass is 16.5. The van der Waals surface area contributed by atoms with Crippen molar-refractivity contribution in [3.05, 3.63) is 88.2 Å². The molecule has 0 spiro atoms. The lowest BCUT2D eigenvalue weighted by molar-refractivity contribution is 0.251. The Labute approximate surface area is 222 Å². The number of aryl methyl sites for hydroxylation is 1. The number of aromatic nitrogens is 3. The monoisotopic (exact) mass is 509 g/mol. The van der Waals surface area contributed by atoms with E-state index in [4.69, 9.17) is 4.74 Å². The van der Waals surface area contributed by atoms with Crippen LogP contribution in [0.25, 0.3) is 10.9 Å². The lowest BCUT2D eigenvalue weighted by Crippen LogP contribution is -2.47. The maximum atomic E-state index is 10.6. The molecule has 2 aromatic carbocycles. The van der Waals surface area contributed by atoms with Gasteiger partial charge in [-0.15, -0.1) is 0 Å². The molecule has 0 radical (unpaired) electrons. The maximum Gasteiger partial charge on any atom is 0.225 e. The first kappa shape index (κ1) is 25.4. The van der Waals surface area contributed by atoms with Gasteiger partial charge in [-0.1, -0.05) is 29.4 Å². The summed E-state index contributed by atoms with van der Waals surface area (Å²) in [6, 6.07) is 15.7. The molecule has 9 nitrogen and oxygen atoms in total. The van der Waals surface area contributed by atoms with Crippen LogP contribution in [-0.4, -0.2) is 52.6 Å². The van der Waals surface area contributed by atoms with Crippen molar-refractivity contribution in [3.63, 3.8) is 0 Å². The molecular formula is C29H31N7O2. The van der Waals surface area contributed by atoms with Crippen LogP contribution < -0.4 is 9.64 Å². The topological polar surface area (TPSA) is 111 Å². The first-order valence-electron chi connectivity index (χ1n) is 13.0. The van der Waals surface area contributed by atoms with Crippen molar-refractivity contribution in [2.75, 3.05) is 37.6 Å². The summed E-state index contributed by atoms with van der Waals surface area (Å²) in [6.45, 7) is 5.32. The Morgan fingerprint density at radius 3 is 2.55 bits per heavy atom. The van der Waals surface area contributed by atoms with E-state index >= 15 is 0 Å². The summed E-state index contributed by atoms with van der Waals surface area (Å²) >= 11 is 0. The normalized spacial score (nSPS) is 13.9. The number of benzene rings is 2. The Bertz CT molecular complexity index is 1400. The SMILES string of the molecule is N#Cc1ccc2[nH]cc(CCCCN3CCN(c4ncc(OCc5ccccc5CN=O)cn4)CC3)c2c1. The molecule has 2 aromatic heterocycles. The highest BCUT2D eigenvalue weighted by Crippen LogP contribution is 2.22. The van der Waals surface area contributed by atoms with Crippen LogP contribution >= 0.6 is 0 Å². The van der Waals surface area contributed by atoms with Gasteiger partial charge < -0.3 is 14.6 Å². The summed E-state index contributed by atoms with van der Waals surface area (Å²) < 4.78 is 5.84. The summed E-state index contributed by atoms with van der Waals surface area (Å²) in [5.41, 5.74) is 4.88. The number of nitroso groups, excluding NO2 is 1. The number of anilines is 1. The van der Waals surface area contributed by atoms with Gasteiger partial charge in [0.05, 0.1) is 24.0 Å². The summed E-state index contributed by atoms with van der Waals surface area (Å²) in [5, 5.41) is 13.3. The first-order valence-corrected chi connectivity index (χ1v) is 13.0. The van der Waals surface area contributed by atoms with E-state index in [0.717, 1.165) is 80.0 Å². The van der Waals surface area contributed by atoms with Gasteiger partial charge in [0.15, 0.2) is 5.75 Å². The quantitative estimate of drug-likeness (QED) is 0.228. The predicted octanol–water partition coefficient (Wildman–Crippen LogP) is 4.82. The Balaban J connectivity index is 1.04. The standard InChI is InChI=1S/C29H31N7O2/c30-16-22-8-9-28-27(15-22)24(17-31-28)6-3-4-10-35-11-13-36(14-12-35)29-32-19-26(20-33-29)38-21-25-7-2-1-5-23(25)18-34-37/h1-2,5,7-9,15,17,19-20,31H,3-4,6,10-14,18,21H2. The number of aromatic amines is 1. The number of piperazine rings is 1. The summed E-state index contributed by atoms with van der Waals surface area (Å²) in [7, 11) is 0. The van der Waals surface area contributed by atoms with Crippen molar-refractivity contribution in [1.82, 2.24) is 19.9 Å². The molecule has 0 saturated carbocycles. The van der Waals surface area contributed by atoms with Gasteiger partial charge in [-0.2, -0.15) is 10.2 Å². The lowest BCUT2D eigenvalue weighted by atomic mass is 10.1. The van der Waals surface area contributed by atoms with Crippen molar-refractivity contribution < 1.29 is 4.74 Å². The molecule has 4 aromatic rings. The van der Waals surface area contributed by atoms with Crippen molar-refractivity contribution in [2.45, 2.75) is 32.4 Å². The molecule has 0 aliphatic carbocycles. The van der Waals surface area contributed by atoms with Crippen LogP contribution in [0, 0.1) is 16.2 Å². The molecule has 0 atom stereocenters. The number of ether oxygens (including phenoxy) is 1. The third-order valence-corrected chi connectivity index (χ3v) is 7.08. The van der Waals surface area contributed by atoms with E-state index in [0.29, 0.717) is 17.9 Å². The summed E-state index contributed by atoms with van der Waals surface area (Å²) in [4.78, 5) is 27.7. The number of unbranched alkanes of at least 4 members (excludes halogenated alkanes) is 1. The fraction of sp³-hybridized carbons (Fsp3) is 0.345. The second kappa shape index (κ2) is 12.3. The number of nitrogens with zero attached hydrogens (tertiary/aromatic N) is 6. The maximum absolute atomic E-state index is 10.6. The van der Waals surface area contributed by atoms with Gasteiger partial charge in [0.1, 0.15) is 13.2 Å². The van der Waals surface area contributed by atoms with Gasteiger partial charge in [0, 0.05) is 43.3 Å². The van der Waals surface area contributed by atoms with E-state index in [2.05, 4.69) is 42.2 Å². The highest BCUT2D eigenvalue weighted by Gasteiger charge is 2.19. The summed E-state index contributed by atoms with van der Waals surface area (Å²) in [6.07, 6.45) is 8.75. The largest absolute Gasteiger partial charge is 0.486 e. The van der Waals surface area contributed by atoms with Crippen LogP contribution in [-0.2, 0) is 19.6 Å². The highest BCUT2D eigenvalue weighted by molar-refractivity contribution is 5.84. The molecule has 5 rings (SSSR count). The zero-order chi connectivity index (χ0) is 26.2. The summed E-state index contributed by atoms with van der Waals surface area (Å²) in [5.74, 6) is 1.32. The number of hydrogen-bond donors (Lipinski definition) is 1. The molecule has 1 aliphatic rings. The predicted molar refractivity (Wildman–Crippen MR) is 147 cm³/mol. The van der Waals surface area contributed by atoms with Gasteiger partial charge in [-0.25, -0.2) is 9.97 Å². The van der Waals surface area contributed by atoms with Crippen LogP contribution in [0.5, 0.6) is 5.75 Å². The van der Waals surface area contributed by atoms with Crippen molar-refractivity contribution in [1.29, 1.82) is 5.26 Å². The van der Waals surface area contributed by atoms with E-state index in [9.17, 15) is 10.2 Å². The van der Waals surface area contributed by atoms with Gasteiger partial charge in [0.2, 0.25) is 5.95 Å². The molecule has 1 fully saturated rings. The zero-order valence-electron chi connectivity index (χ0n) is 21.3. The number of nitriles is 1. The molecule has 0 bridgehead atoms. The molecule has 0 unspecified atom stereocenters. The minimum Gasteiger partial charge on any atom is -0.486 e. The average molecular weight is 510 g/mol. The Kier molecular flexibility index (Phi) is 8.21. The smallest absolute Gasteiger partial charge is 0.225 e. The van der Waals surface area contributed by atoms with E-state index in [-0.39, 0.29) is 6.54 Å². The molecular weight excluding hydrogens is 478 g/mol. The molecule has 1 saturated heterocycles. The van der Waals surface area contributed by atoms with E-state index in [1.165, 1.54) is 5.56 Å². The Morgan fingerprint density at radius 1 is 1.00 bits per heavy atom. The van der Waals surface area contributed by atoms with E-state index < -0.39 is 0 Å². The van der Waals surface area contributed by atoms with Crippen molar-refractivity contribution in [2.24, 2.45) is 5.18 Å². The number of H-pyrrole nitrogens is 1.